The van der Waals surface area contributed by atoms with Crippen LogP contribution in [0.25, 0.3) is 0 Å². The van der Waals surface area contributed by atoms with E-state index in [1.165, 1.54) is 32.1 Å². The lowest BCUT2D eigenvalue weighted by Gasteiger charge is -1.98. The number of ether oxygens (including phenoxy) is 1. The molecule has 0 aliphatic carbocycles. The number of hydrogen-bond donors (Lipinski definition) is 0. The number of benzene rings is 1. The van der Waals surface area contributed by atoms with Crippen LogP contribution in [0.5, 0.6) is 0 Å². The first-order chi connectivity index (χ1) is 9.35. The van der Waals surface area contributed by atoms with E-state index in [1.807, 2.05) is 30.3 Å². The Hall–Kier alpha value is -1.75. The Kier molecular flexibility index (Phi) is 13.0. The third-order valence-corrected chi connectivity index (χ3v) is 2.62. The highest BCUT2D eigenvalue weighted by Gasteiger charge is 1.88. The van der Waals surface area contributed by atoms with E-state index in [4.69, 9.17) is 6.42 Å². The van der Waals surface area contributed by atoms with Crippen molar-refractivity contribution in [3.63, 3.8) is 0 Å². The van der Waals surface area contributed by atoms with Gasteiger partial charge in [0.25, 0.3) is 6.47 Å². The Labute approximate surface area is 117 Å². The summed E-state index contributed by atoms with van der Waals surface area (Å²) in [5.41, 5.74) is 0.938. The molecule has 0 heterocycles. The van der Waals surface area contributed by atoms with Gasteiger partial charge in [-0.2, -0.15) is 0 Å². The predicted molar refractivity (Wildman–Crippen MR) is 79.8 cm³/mol. The molecular formula is C17H24O2. The maximum absolute atomic E-state index is 9.72. The first kappa shape index (κ1) is 17.2. The summed E-state index contributed by atoms with van der Waals surface area (Å²) in [4.78, 5) is 9.72. The van der Waals surface area contributed by atoms with E-state index in [0.717, 1.165) is 12.0 Å². The summed E-state index contributed by atoms with van der Waals surface area (Å²) in [5, 5.41) is 0. The maximum Gasteiger partial charge on any atom is 0.293 e. The van der Waals surface area contributed by atoms with Gasteiger partial charge in [-0.3, -0.25) is 4.79 Å². The number of terminal acetylenes is 1. The van der Waals surface area contributed by atoms with Gasteiger partial charge in [0.05, 0.1) is 6.61 Å². The largest absolute Gasteiger partial charge is 0.468 e. The number of hydrogen-bond acceptors (Lipinski definition) is 2. The normalized spacial score (nSPS) is 8.84. The Morgan fingerprint density at radius 2 is 1.74 bits per heavy atom. The van der Waals surface area contributed by atoms with Crippen LogP contribution >= 0.6 is 0 Å². The van der Waals surface area contributed by atoms with E-state index < -0.39 is 0 Å². The fraction of sp³-hybridized carbons (Fsp3) is 0.471. The SMILES string of the molecule is C#Cc1ccccc1.CCCCCCCCOC=O. The molecule has 0 unspecified atom stereocenters. The van der Waals surface area contributed by atoms with Crippen LogP contribution in [-0.4, -0.2) is 13.1 Å². The highest BCUT2D eigenvalue weighted by atomic mass is 16.5. The van der Waals surface area contributed by atoms with E-state index in [-0.39, 0.29) is 0 Å². The van der Waals surface area contributed by atoms with Crippen molar-refractivity contribution >= 4 is 6.47 Å². The molecule has 1 aromatic rings. The summed E-state index contributed by atoms with van der Waals surface area (Å²) in [7, 11) is 0. The third kappa shape index (κ3) is 12.5. The average molecular weight is 260 g/mol. The van der Waals surface area contributed by atoms with Gasteiger partial charge in [0, 0.05) is 5.56 Å². The molecule has 19 heavy (non-hydrogen) atoms. The van der Waals surface area contributed by atoms with E-state index in [1.54, 1.807) is 0 Å². The van der Waals surface area contributed by atoms with Gasteiger partial charge in [-0.25, -0.2) is 0 Å². The number of carbonyl (C=O) groups excluding carboxylic acids is 1. The Bertz CT molecular complexity index is 338. The van der Waals surface area contributed by atoms with Gasteiger partial charge < -0.3 is 4.74 Å². The van der Waals surface area contributed by atoms with Crippen LogP contribution < -0.4 is 0 Å². The lowest BCUT2D eigenvalue weighted by atomic mass is 10.1. The van der Waals surface area contributed by atoms with Crippen LogP contribution in [0.3, 0.4) is 0 Å². The van der Waals surface area contributed by atoms with Gasteiger partial charge in [0.1, 0.15) is 0 Å². The van der Waals surface area contributed by atoms with Crippen LogP contribution in [-0.2, 0) is 9.53 Å². The van der Waals surface area contributed by atoms with Crippen molar-refractivity contribution in [2.24, 2.45) is 0 Å². The second-order valence-electron chi connectivity index (χ2n) is 4.25. The molecular weight excluding hydrogens is 236 g/mol. The Morgan fingerprint density at radius 1 is 1.11 bits per heavy atom. The lowest BCUT2D eigenvalue weighted by Crippen LogP contribution is -1.90. The Morgan fingerprint density at radius 3 is 2.26 bits per heavy atom. The van der Waals surface area contributed by atoms with Crippen LogP contribution in [0.2, 0.25) is 0 Å². The average Bonchev–Trinajstić information content (AvgIpc) is 2.48. The van der Waals surface area contributed by atoms with Crippen LogP contribution in [0, 0.1) is 12.3 Å². The molecule has 0 radical (unpaired) electrons. The van der Waals surface area contributed by atoms with Gasteiger partial charge >= 0.3 is 0 Å². The summed E-state index contributed by atoms with van der Waals surface area (Å²) >= 11 is 0. The molecule has 0 amide bonds. The molecule has 0 atom stereocenters. The zero-order chi connectivity index (χ0) is 14.2. The predicted octanol–water partition coefficient (Wildman–Crippen LogP) is 4.19. The van der Waals surface area contributed by atoms with Gasteiger partial charge in [-0.1, -0.05) is 63.1 Å². The number of rotatable bonds is 8. The van der Waals surface area contributed by atoms with E-state index >= 15 is 0 Å². The lowest BCUT2D eigenvalue weighted by molar-refractivity contribution is -0.128. The van der Waals surface area contributed by atoms with Crippen molar-refractivity contribution < 1.29 is 9.53 Å². The topological polar surface area (TPSA) is 26.3 Å². The smallest absolute Gasteiger partial charge is 0.293 e. The monoisotopic (exact) mass is 260 g/mol. The first-order valence-electron chi connectivity index (χ1n) is 6.92. The highest BCUT2D eigenvalue weighted by molar-refractivity contribution is 5.36. The standard InChI is InChI=1S/C9H18O2.C8H6/c1-2-3-4-5-6-7-8-11-9-10;1-2-8-6-4-3-5-7-8/h9H,2-8H2,1H3;1,3-7H. The van der Waals surface area contributed by atoms with Crippen LogP contribution in [0.4, 0.5) is 0 Å². The van der Waals surface area contributed by atoms with Crippen molar-refractivity contribution in [3.8, 4) is 12.3 Å². The van der Waals surface area contributed by atoms with Crippen molar-refractivity contribution in [2.75, 3.05) is 6.61 Å². The van der Waals surface area contributed by atoms with Crippen molar-refractivity contribution in [3.05, 3.63) is 35.9 Å². The molecule has 2 heteroatoms. The molecule has 0 aliphatic heterocycles. The first-order valence-corrected chi connectivity index (χ1v) is 6.92. The molecule has 0 aliphatic rings. The maximum atomic E-state index is 9.72. The molecule has 0 bridgehead atoms. The molecule has 1 rings (SSSR count). The fourth-order valence-corrected chi connectivity index (χ4v) is 1.55. The summed E-state index contributed by atoms with van der Waals surface area (Å²) in [6, 6.07) is 9.60. The molecule has 104 valence electrons. The fourth-order valence-electron chi connectivity index (χ4n) is 1.55. The zero-order valence-corrected chi connectivity index (χ0v) is 11.8. The summed E-state index contributed by atoms with van der Waals surface area (Å²) in [6.45, 7) is 3.32. The molecule has 2 nitrogen and oxygen atoms in total. The van der Waals surface area contributed by atoms with Crippen LogP contribution in [0.15, 0.2) is 30.3 Å². The highest BCUT2D eigenvalue weighted by Crippen LogP contribution is 2.04. The number of carbonyl (C=O) groups is 1. The minimum atomic E-state index is 0.520. The van der Waals surface area contributed by atoms with Gasteiger partial charge in [0.15, 0.2) is 0 Å². The van der Waals surface area contributed by atoms with Crippen molar-refractivity contribution in [2.45, 2.75) is 45.4 Å². The van der Waals surface area contributed by atoms with Crippen molar-refractivity contribution in [1.29, 1.82) is 0 Å². The molecule has 0 spiro atoms. The minimum Gasteiger partial charge on any atom is -0.468 e. The third-order valence-electron chi connectivity index (χ3n) is 2.62. The van der Waals surface area contributed by atoms with Gasteiger partial charge in [-0.05, 0) is 18.6 Å². The van der Waals surface area contributed by atoms with E-state index in [0.29, 0.717) is 13.1 Å². The van der Waals surface area contributed by atoms with Crippen LogP contribution in [0.1, 0.15) is 51.0 Å². The summed E-state index contributed by atoms with van der Waals surface area (Å²) in [5.74, 6) is 2.53. The molecule has 0 N–H and O–H groups in total. The molecule has 0 saturated heterocycles. The second kappa shape index (κ2) is 14.3. The minimum absolute atomic E-state index is 0.520. The van der Waals surface area contributed by atoms with Gasteiger partial charge in [0.2, 0.25) is 0 Å². The van der Waals surface area contributed by atoms with E-state index in [9.17, 15) is 4.79 Å². The number of unbranched alkanes of at least 4 members (excludes halogenated alkanes) is 5. The quantitative estimate of drug-likeness (QED) is 0.398. The molecule has 0 fully saturated rings. The second-order valence-corrected chi connectivity index (χ2v) is 4.25. The summed E-state index contributed by atoms with van der Waals surface area (Å²) < 4.78 is 4.56. The van der Waals surface area contributed by atoms with E-state index in [2.05, 4.69) is 17.6 Å². The van der Waals surface area contributed by atoms with Gasteiger partial charge in [-0.15, -0.1) is 6.42 Å². The van der Waals surface area contributed by atoms with Crippen molar-refractivity contribution in [1.82, 2.24) is 0 Å². The summed E-state index contributed by atoms with van der Waals surface area (Å²) in [6.07, 6.45) is 12.5. The molecule has 1 aromatic carbocycles. The Balaban J connectivity index is 0.000000356. The molecule has 0 aromatic heterocycles. The molecule has 0 saturated carbocycles. The zero-order valence-electron chi connectivity index (χ0n) is 11.8.